The minimum Gasteiger partial charge on any atom is -0.465 e. The second-order valence-corrected chi connectivity index (χ2v) is 11.2. The number of carbonyl (C=O) groups excluding carboxylic acids is 3. The number of nitrogens with zero attached hydrogens (tertiary/aromatic N) is 3. The lowest BCUT2D eigenvalue weighted by Crippen LogP contribution is -2.43. The molecule has 1 N–H and O–H groups in total. The molecule has 1 heterocycles. The molecule has 3 aromatic carbocycles. The predicted molar refractivity (Wildman–Crippen MR) is 150 cm³/mol. The molecule has 3 aromatic rings. The topological polar surface area (TPSA) is 103 Å². The van der Waals surface area contributed by atoms with Crippen molar-refractivity contribution < 1.29 is 23.5 Å². The van der Waals surface area contributed by atoms with Gasteiger partial charge in [0, 0.05) is 11.4 Å². The first-order valence-electron chi connectivity index (χ1n) is 12.7. The molecule has 1 aliphatic heterocycles. The van der Waals surface area contributed by atoms with Gasteiger partial charge in [-0.2, -0.15) is 5.26 Å². The van der Waals surface area contributed by atoms with Crippen LogP contribution in [0, 0.1) is 17.1 Å². The number of nitriles is 1. The highest BCUT2D eigenvalue weighted by molar-refractivity contribution is 6.23. The summed E-state index contributed by atoms with van der Waals surface area (Å²) >= 11 is 0. The summed E-state index contributed by atoms with van der Waals surface area (Å²) in [5, 5.41) is 12.7. The van der Waals surface area contributed by atoms with Gasteiger partial charge in [-0.3, -0.25) is 4.79 Å². The van der Waals surface area contributed by atoms with Crippen LogP contribution in [0.15, 0.2) is 60.7 Å². The molecule has 0 aromatic heterocycles. The first-order valence-corrected chi connectivity index (χ1v) is 12.7. The molecule has 0 unspecified atom stereocenters. The quantitative estimate of drug-likeness (QED) is 0.291. The maximum absolute atomic E-state index is 14.3. The number of halogens is 1. The third-order valence-corrected chi connectivity index (χ3v) is 7.00. The first-order chi connectivity index (χ1) is 18.8. The monoisotopic (exact) mass is 542 g/mol. The minimum absolute atomic E-state index is 0.0271. The molecule has 0 atom stereocenters. The summed E-state index contributed by atoms with van der Waals surface area (Å²) in [6.07, 6.45) is 0. The van der Waals surface area contributed by atoms with Crippen LogP contribution in [0.5, 0.6) is 0 Å². The number of urea groups is 1. The molecule has 40 heavy (non-hydrogen) atoms. The molecule has 0 aliphatic carbocycles. The van der Waals surface area contributed by atoms with Crippen molar-refractivity contribution >= 4 is 35.0 Å². The van der Waals surface area contributed by atoms with Crippen molar-refractivity contribution in [2.45, 2.75) is 52.1 Å². The Morgan fingerprint density at radius 3 is 2.33 bits per heavy atom. The van der Waals surface area contributed by atoms with Crippen LogP contribution in [-0.4, -0.2) is 35.5 Å². The molecule has 9 heteroatoms. The molecule has 206 valence electrons. The number of benzene rings is 3. The number of ether oxygens (including phenoxy) is 1. The zero-order valence-corrected chi connectivity index (χ0v) is 23.3. The van der Waals surface area contributed by atoms with Gasteiger partial charge in [-0.1, -0.05) is 26.8 Å². The largest absolute Gasteiger partial charge is 0.465 e. The van der Waals surface area contributed by atoms with Crippen molar-refractivity contribution in [3.8, 4) is 6.07 Å². The summed E-state index contributed by atoms with van der Waals surface area (Å²) in [7, 11) is 1.30. The number of hydrogen-bond acceptors (Lipinski definition) is 6. The second-order valence-electron chi connectivity index (χ2n) is 11.2. The average Bonchev–Trinajstić information content (AvgIpc) is 3.08. The molecule has 8 nitrogen and oxygen atoms in total. The van der Waals surface area contributed by atoms with Crippen molar-refractivity contribution in [2.75, 3.05) is 17.3 Å². The van der Waals surface area contributed by atoms with Crippen molar-refractivity contribution in [3.63, 3.8) is 0 Å². The smallest absolute Gasteiger partial charge is 0.337 e. The fourth-order valence-electron chi connectivity index (χ4n) is 4.65. The van der Waals surface area contributed by atoms with Crippen LogP contribution in [0.1, 0.15) is 61.7 Å². The lowest BCUT2D eigenvalue weighted by Gasteiger charge is -2.28. The number of imide groups is 1. The van der Waals surface area contributed by atoms with Gasteiger partial charge in [0.25, 0.3) is 5.91 Å². The van der Waals surface area contributed by atoms with E-state index in [-0.39, 0.29) is 12.0 Å². The van der Waals surface area contributed by atoms with Crippen LogP contribution in [0.4, 0.5) is 26.2 Å². The fraction of sp³-hybridized carbons (Fsp3) is 0.290. The summed E-state index contributed by atoms with van der Waals surface area (Å²) in [5.41, 5.74) is 1.98. The highest BCUT2D eigenvalue weighted by Gasteiger charge is 2.52. The molecular weight excluding hydrogens is 511 g/mol. The Morgan fingerprint density at radius 2 is 1.73 bits per heavy atom. The summed E-state index contributed by atoms with van der Waals surface area (Å²) < 4.78 is 19.0. The Labute approximate surface area is 233 Å². The zero-order valence-electron chi connectivity index (χ0n) is 23.3. The number of anilines is 3. The summed E-state index contributed by atoms with van der Waals surface area (Å²) in [4.78, 5) is 41.7. The van der Waals surface area contributed by atoms with Gasteiger partial charge in [-0.05, 0) is 85.0 Å². The summed E-state index contributed by atoms with van der Waals surface area (Å²) in [6, 6.07) is 17.3. The number of rotatable bonds is 6. The Morgan fingerprint density at radius 1 is 1.05 bits per heavy atom. The van der Waals surface area contributed by atoms with Gasteiger partial charge < -0.3 is 15.0 Å². The minimum atomic E-state index is -1.19. The SMILES string of the molecule is COC(=O)c1ccc(Nc2cc(F)ccc2CN2C(=O)N(c3ccc(C#N)c(C(C)(C)C)c3)C(=O)C2(C)C)cc1. The second kappa shape index (κ2) is 10.5. The van der Waals surface area contributed by atoms with Crippen molar-refractivity contribution in [1.29, 1.82) is 5.26 Å². The van der Waals surface area contributed by atoms with E-state index in [1.54, 1.807) is 62.4 Å². The van der Waals surface area contributed by atoms with Gasteiger partial charge in [0.15, 0.2) is 0 Å². The van der Waals surface area contributed by atoms with Crippen LogP contribution in [0.2, 0.25) is 0 Å². The van der Waals surface area contributed by atoms with E-state index in [9.17, 15) is 24.0 Å². The van der Waals surface area contributed by atoms with Crippen molar-refractivity contribution in [3.05, 3.63) is 88.7 Å². The molecule has 1 aliphatic rings. The number of methoxy groups -OCH3 is 1. The molecule has 0 spiro atoms. The van der Waals surface area contributed by atoms with Crippen LogP contribution in [-0.2, 0) is 21.5 Å². The highest BCUT2D eigenvalue weighted by atomic mass is 19.1. The number of carbonyl (C=O) groups is 3. The van der Waals surface area contributed by atoms with Gasteiger partial charge in [-0.15, -0.1) is 0 Å². The number of nitrogens with one attached hydrogen (secondary N) is 1. The zero-order chi connectivity index (χ0) is 29.4. The Kier molecular flexibility index (Phi) is 7.40. The Balaban J connectivity index is 1.66. The van der Waals surface area contributed by atoms with Crippen LogP contribution in [0.25, 0.3) is 0 Å². The van der Waals surface area contributed by atoms with E-state index in [1.807, 2.05) is 20.8 Å². The molecule has 3 amide bonds. The molecule has 4 rings (SSSR count). The number of amides is 3. The molecule has 0 saturated carbocycles. The Bertz CT molecular complexity index is 1530. The first kappa shape index (κ1) is 28.3. The van der Waals surface area contributed by atoms with Crippen LogP contribution < -0.4 is 10.2 Å². The molecule has 0 bridgehead atoms. The standard InChI is InChI=1S/C31H31FN4O4/c1-30(2,3)25-16-24(14-10-20(25)17-33)36-28(38)31(4,5)35(29(36)39)18-21-7-11-22(32)15-26(21)34-23-12-8-19(9-13-23)27(37)40-6/h7-16,34H,18H2,1-6H3. The fourth-order valence-corrected chi connectivity index (χ4v) is 4.65. The van der Waals surface area contributed by atoms with E-state index in [1.165, 1.54) is 24.1 Å². The van der Waals surface area contributed by atoms with E-state index in [4.69, 9.17) is 4.74 Å². The highest BCUT2D eigenvalue weighted by Crippen LogP contribution is 2.37. The molecule has 1 saturated heterocycles. The summed E-state index contributed by atoms with van der Waals surface area (Å²) in [6.45, 7) is 9.25. The van der Waals surface area contributed by atoms with E-state index >= 15 is 0 Å². The molecular formula is C31H31FN4O4. The van der Waals surface area contributed by atoms with E-state index < -0.39 is 29.3 Å². The number of esters is 1. The molecule has 0 radical (unpaired) electrons. The van der Waals surface area contributed by atoms with E-state index in [0.29, 0.717) is 33.8 Å². The third-order valence-electron chi connectivity index (χ3n) is 7.00. The lowest BCUT2D eigenvalue weighted by atomic mass is 9.83. The van der Waals surface area contributed by atoms with Gasteiger partial charge in [0.05, 0.1) is 36.5 Å². The van der Waals surface area contributed by atoms with Crippen molar-refractivity contribution in [1.82, 2.24) is 4.90 Å². The van der Waals surface area contributed by atoms with E-state index in [2.05, 4.69) is 11.4 Å². The maximum atomic E-state index is 14.3. The third kappa shape index (κ3) is 5.25. The normalized spacial score (nSPS) is 14.8. The average molecular weight is 543 g/mol. The maximum Gasteiger partial charge on any atom is 0.337 e. The molecule has 1 fully saturated rings. The lowest BCUT2D eigenvalue weighted by molar-refractivity contribution is -0.123. The van der Waals surface area contributed by atoms with Crippen molar-refractivity contribution in [2.24, 2.45) is 0 Å². The van der Waals surface area contributed by atoms with Gasteiger partial charge in [-0.25, -0.2) is 18.9 Å². The predicted octanol–water partition coefficient (Wildman–Crippen LogP) is 6.27. The van der Waals surface area contributed by atoms with Gasteiger partial charge in [0.1, 0.15) is 11.4 Å². The van der Waals surface area contributed by atoms with Crippen LogP contribution >= 0.6 is 0 Å². The van der Waals surface area contributed by atoms with Gasteiger partial charge >= 0.3 is 12.0 Å². The Hall–Kier alpha value is -4.71. The summed E-state index contributed by atoms with van der Waals surface area (Å²) in [5.74, 6) is -1.36. The van der Waals surface area contributed by atoms with Gasteiger partial charge in [0.2, 0.25) is 0 Å². The van der Waals surface area contributed by atoms with Crippen LogP contribution in [0.3, 0.4) is 0 Å². The number of hydrogen-bond donors (Lipinski definition) is 1. The van der Waals surface area contributed by atoms with E-state index in [0.717, 1.165) is 10.5 Å².